The van der Waals surface area contributed by atoms with Gasteiger partial charge in [-0.15, -0.1) is 0 Å². The summed E-state index contributed by atoms with van der Waals surface area (Å²) in [5.41, 5.74) is 4.14. The second-order valence-corrected chi connectivity index (χ2v) is 3.00. The van der Waals surface area contributed by atoms with Crippen molar-refractivity contribution in [1.29, 1.82) is 0 Å². The standard InChI is InChI=1S/C9H8F5N/c10-5-1-2-8(11)6(3-5)7(4-15)9(12,13)14/h1-3,7H,4,15H2. The van der Waals surface area contributed by atoms with Gasteiger partial charge in [0.25, 0.3) is 0 Å². The summed E-state index contributed by atoms with van der Waals surface area (Å²) in [6.45, 7) is -0.816. The Hall–Kier alpha value is -1.17. The largest absolute Gasteiger partial charge is 0.397 e. The van der Waals surface area contributed by atoms with Crippen LogP contribution in [0.15, 0.2) is 18.2 Å². The zero-order valence-corrected chi connectivity index (χ0v) is 7.48. The maximum absolute atomic E-state index is 13.0. The van der Waals surface area contributed by atoms with Crippen LogP contribution in [0, 0.1) is 11.6 Å². The Bertz CT molecular complexity index is 347. The fourth-order valence-electron chi connectivity index (χ4n) is 1.22. The lowest BCUT2D eigenvalue weighted by Gasteiger charge is -2.19. The minimum absolute atomic E-state index is 0.514. The van der Waals surface area contributed by atoms with Gasteiger partial charge in [0, 0.05) is 12.1 Å². The van der Waals surface area contributed by atoms with Gasteiger partial charge in [-0.05, 0) is 18.2 Å². The first kappa shape index (κ1) is 11.9. The molecule has 0 saturated heterocycles. The Labute approximate surface area is 82.7 Å². The molecule has 84 valence electrons. The molecule has 0 aliphatic heterocycles. The van der Waals surface area contributed by atoms with Crippen molar-refractivity contribution in [2.24, 2.45) is 5.73 Å². The Morgan fingerprint density at radius 3 is 2.27 bits per heavy atom. The van der Waals surface area contributed by atoms with Crippen LogP contribution in [0.3, 0.4) is 0 Å². The third-order valence-corrected chi connectivity index (χ3v) is 1.96. The van der Waals surface area contributed by atoms with E-state index < -0.39 is 35.8 Å². The first-order valence-corrected chi connectivity index (χ1v) is 4.08. The predicted octanol–water partition coefficient (Wildman–Crippen LogP) is 2.57. The third-order valence-electron chi connectivity index (χ3n) is 1.96. The van der Waals surface area contributed by atoms with Crippen LogP contribution in [-0.2, 0) is 0 Å². The molecular weight excluding hydrogens is 217 g/mol. The minimum atomic E-state index is -4.68. The van der Waals surface area contributed by atoms with E-state index in [2.05, 4.69) is 0 Å². The van der Waals surface area contributed by atoms with Gasteiger partial charge >= 0.3 is 6.18 Å². The van der Waals surface area contributed by atoms with Gasteiger partial charge in [-0.3, -0.25) is 0 Å². The van der Waals surface area contributed by atoms with Gasteiger partial charge in [-0.2, -0.15) is 13.2 Å². The first-order valence-electron chi connectivity index (χ1n) is 4.08. The predicted molar refractivity (Wildman–Crippen MR) is 44.2 cm³/mol. The molecule has 0 spiro atoms. The van der Waals surface area contributed by atoms with Crippen molar-refractivity contribution < 1.29 is 22.0 Å². The van der Waals surface area contributed by atoms with E-state index in [4.69, 9.17) is 5.73 Å². The second-order valence-electron chi connectivity index (χ2n) is 3.00. The minimum Gasteiger partial charge on any atom is -0.330 e. The molecule has 0 radical (unpaired) electrons. The molecule has 0 heterocycles. The summed E-state index contributed by atoms with van der Waals surface area (Å²) in [6, 6.07) is 1.92. The summed E-state index contributed by atoms with van der Waals surface area (Å²) in [6.07, 6.45) is -4.68. The molecule has 0 aliphatic rings. The summed E-state index contributed by atoms with van der Waals surface area (Å²) in [4.78, 5) is 0. The molecule has 1 aromatic carbocycles. The highest BCUT2D eigenvalue weighted by molar-refractivity contribution is 5.24. The SMILES string of the molecule is NCC(c1cc(F)ccc1F)C(F)(F)F. The molecule has 0 amide bonds. The number of hydrogen-bond donors (Lipinski definition) is 1. The van der Waals surface area contributed by atoms with E-state index in [0.717, 1.165) is 6.07 Å². The summed E-state index contributed by atoms with van der Waals surface area (Å²) < 4.78 is 62.7. The second kappa shape index (κ2) is 4.14. The van der Waals surface area contributed by atoms with Crippen molar-refractivity contribution >= 4 is 0 Å². The van der Waals surface area contributed by atoms with Gasteiger partial charge in [-0.1, -0.05) is 0 Å². The summed E-state index contributed by atoms with van der Waals surface area (Å²) in [5, 5.41) is 0. The average molecular weight is 225 g/mol. The molecule has 1 atom stereocenters. The van der Waals surface area contributed by atoms with Crippen molar-refractivity contribution in [2.75, 3.05) is 6.54 Å². The fraction of sp³-hybridized carbons (Fsp3) is 0.333. The number of rotatable bonds is 2. The Balaban J connectivity index is 3.18. The van der Waals surface area contributed by atoms with E-state index in [1.807, 2.05) is 0 Å². The van der Waals surface area contributed by atoms with Crippen LogP contribution in [-0.4, -0.2) is 12.7 Å². The maximum Gasteiger partial charge on any atom is 0.397 e. The molecule has 1 aromatic rings. The zero-order chi connectivity index (χ0) is 11.6. The number of halogens is 5. The van der Waals surface area contributed by atoms with E-state index >= 15 is 0 Å². The van der Waals surface area contributed by atoms with Crippen molar-refractivity contribution in [3.63, 3.8) is 0 Å². The molecule has 1 rings (SSSR count). The van der Waals surface area contributed by atoms with Gasteiger partial charge in [0.2, 0.25) is 0 Å². The summed E-state index contributed by atoms with van der Waals surface area (Å²) in [5.74, 6) is -4.20. The van der Waals surface area contributed by atoms with E-state index in [1.165, 1.54) is 0 Å². The molecular formula is C9H8F5N. The van der Waals surface area contributed by atoms with Crippen LogP contribution in [0.2, 0.25) is 0 Å². The summed E-state index contributed by atoms with van der Waals surface area (Å²) in [7, 11) is 0. The molecule has 1 unspecified atom stereocenters. The number of hydrogen-bond acceptors (Lipinski definition) is 1. The average Bonchev–Trinajstić information content (AvgIpc) is 2.10. The number of alkyl halides is 3. The molecule has 0 aromatic heterocycles. The van der Waals surface area contributed by atoms with Crippen LogP contribution in [0.1, 0.15) is 11.5 Å². The van der Waals surface area contributed by atoms with Crippen LogP contribution in [0.5, 0.6) is 0 Å². The van der Waals surface area contributed by atoms with Gasteiger partial charge < -0.3 is 5.73 Å². The van der Waals surface area contributed by atoms with Gasteiger partial charge in [-0.25, -0.2) is 8.78 Å². The molecule has 1 nitrogen and oxygen atoms in total. The van der Waals surface area contributed by atoms with E-state index in [0.29, 0.717) is 12.1 Å². The Kier molecular flexibility index (Phi) is 3.28. The molecule has 0 bridgehead atoms. The highest BCUT2D eigenvalue weighted by Crippen LogP contribution is 2.35. The van der Waals surface area contributed by atoms with Crippen molar-refractivity contribution in [3.05, 3.63) is 35.4 Å². The molecule has 15 heavy (non-hydrogen) atoms. The Morgan fingerprint density at radius 1 is 1.20 bits per heavy atom. The lowest BCUT2D eigenvalue weighted by molar-refractivity contribution is -0.148. The van der Waals surface area contributed by atoms with E-state index in [-0.39, 0.29) is 0 Å². The lowest BCUT2D eigenvalue weighted by atomic mass is 9.98. The fourth-order valence-corrected chi connectivity index (χ4v) is 1.22. The van der Waals surface area contributed by atoms with Gasteiger partial charge in [0.1, 0.15) is 11.6 Å². The third kappa shape index (κ3) is 2.65. The summed E-state index contributed by atoms with van der Waals surface area (Å²) >= 11 is 0. The smallest absolute Gasteiger partial charge is 0.330 e. The van der Waals surface area contributed by atoms with E-state index in [1.54, 1.807) is 0 Å². The quantitative estimate of drug-likeness (QED) is 0.769. The number of nitrogens with two attached hydrogens (primary N) is 1. The molecule has 6 heteroatoms. The van der Waals surface area contributed by atoms with Crippen LogP contribution < -0.4 is 5.73 Å². The molecule has 0 saturated carbocycles. The topological polar surface area (TPSA) is 26.0 Å². The number of benzene rings is 1. The van der Waals surface area contributed by atoms with Crippen LogP contribution in [0.4, 0.5) is 22.0 Å². The molecule has 2 N–H and O–H groups in total. The first-order chi connectivity index (χ1) is 6.86. The normalized spacial score (nSPS) is 14.0. The molecule has 0 aliphatic carbocycles. The van der Waals surface area contributed by atoms with Crippen LogP contribution in [0.25, 0.3) is 0 Å². The monoisotopic (exact) mass is 225 g/mol. The maximum atomic E-state index is 13.0. The van der Waals surface area contributed by atoms with Gasteiger partial charge in [0.15, 0.2) is 0 Å². The van der Waals surface area contributed by atoms with E-state index in [9.17, 15) is 22.0 Å². The van der Waals surface area contributed by atoms with Crippen LogP contribution >= 0.6 is 0 Å². The Morgan fingerprint density at radius 2 is 1.80 bits per heavy atom. The highest BCUT2D eigenvalue weighted by Gasteiger charge is 2.41. The molecule has 0 fully saturated rings. The lowest BCUT2D eigenvalue weighted by Crippen LogP contribution is -2.28. The van der Waals surface area contributed by atoms with Crippen molar-refractivity contribution in [1.82, 2.24) is 0 Å². The zero-order valence-electron chi connectivity index (χ0n) is 7.48. The van der Waals surface area contributed by atoms with Gasteiger partial charge in [0.05, 0.1) is 5.92 Å². The highest BCUT2D eigenvalue weighted by atomic mass is 19.4. The van der Waals surface area contributed by atoms with Crippen molar-refractivity contribution in [3.8, 4) is 0 Å². The van der Waals surface area contributed by atoms with Crippen molar-refractivity contribution in [2.45, 2.75) is 12.1 Å².